The Morgan fingerprint density at radius 2 is 1.83 bits per heavy atom. The largest absolute Gasteiger partial charge is 0.495 e. The number of morpholine rings is 1. The molecule has 2 aliphatic rings. The van der Waals surface area contributed by atoms with Gasteiger partial charge in [0.15, 0.2) is 0 Å². The molecule has 1 aromatic heterocycles. The first kappa shape index (κ1) is 24.0. The zero-order valence-corrected chi connectivity index (χ0v) is 20.7. The van der Waals surface area contributed by atoms with Crippen molar-refractivity contribution in [2.75, 3.05) is 62.5 Å². The lowest BCUT2D eigenvalue weighted by molar-refractivity contribution is -0.119. The summed E-state index contributed by atoms with van der Waals surface area (Å²) >= 11 is 0. The van der Waals surface area contributed by atoms with Crippen LogP contribution in [-0.4, -0.2) is 73.8 Å². The van der Waals surface area contributed by atoms with E-state index in [4.69, 9.17) is 9.47 Å². The first-order valence-electron chi connectivity index (χ1n) is 12.3. The third-order valence-electron chi connectivity index (χ3n) is 6.71. The van der Waals surface area contributed by atoms with Crippen LogP contribution < -0.4 is 20.3 Å². The van der Waals surface area contributed by atoms with Crippen LogP contribution in [0.1, 0.15) is 12.8 Å². The van der Waals surface area contributed by atoms with Gasteiger partial charge in [0.1, 0.15) is 5.75 Å². The molecule has 0 radical (unpaired) electrons. The maximum Gasteiger partial charge on any atom is 0.241 e. The highest BCUT2D eigenvalue weighted by atomic mass is 16.5. The van der Waals surface area contributed by atoms with Crippen molar-refractivity contribution in [2.45, 2.75) is 18.9 Å². The smallest absolute Gasteiger partial charge is 0.241 e. The second kappa shape index (κ2) is 10.9. The van der Waals surface area contributed by atoms with E-state index >= 15 is 0 Å². The summed E-state index contributed by atoms with van der Waals surface area (Å²) in [5, 5.41) is 6.31. The van der Waals surface area contributed by atoms with Crippen molar-refractivity contribution in [1.82, 2.24) is 14.9 Å². The van der Waals surface area contributed by atoms with Gasteiger partial charge in [0.25, 0.3) is 0 Å². The molecule has 36 heavy (non-hydrogen) atoms. The van der Waals surface area contributed by atoms with Crippen LogP contribution >= 0.6 is 0 Å². The molecule has 3 heterocycles. The van der Waals surface area contributed by atoms with Crippen LogP contribution in [0.5, 0.6) is 5.75 Å². The van der Waals surface area contributed by atoms with E-state index in [1.165, 1.54) is 0 Å². The quantitative estimate of drug-likeness (QED) is 0.519. The average Bonchev–Trinajstić information content (AvgIpc) is 3.35. The minimum absolute atomic E-state index is 0.0475. The third-order valence-corrected chi connectivity index (χ3v) is 6.71. The summed E-state index contributed by atoms with van der Waals surface area (Å²) in [4.78, 5) is 26.0. The fraction of sp³-hybridized carbons (Fsp3) is 0.370. The molecule has 9 heteroatoms. The van der Waals surface area contributed by atoms with Crippen LogP contribution in [-0.2, 0) is 9.53 Å². The number of carbonyl (C=O) groups is 1. The second-order valence-corrected chi connectivity index (χ2v) is 9.08. The Hall–Kier alpha value is -3.69. The number of methoxy groups -OCH3 is 1. The molecule has 1 unspecified atom stereocenters. The van der Waals surface area contributed by atoms with Crippen LogP contribution in [0.3, 0.4) is 0 Å². The number of anilines is 4. The Morgan fingerprint density at radius 3 is 2.56 bits per heavy atom. The molecule has 1 amide bonds. The topological polar surface area (TPSA) is 91.8 Å². The van der Waals surface area contributed by atoms with Crippen molar-refractivity contribution in [3.63, 3.8) is 0 Å². The third kappa shape index (κ3) is 5.42. The summed E-state index contributed by atoms with van der Waals surface area (Å²) in [6.07, 6.45) is 3.69. The van der Waals surface area contributed by atoms with Gasteiger partial charge in [-0.25, -0.2) is 9.97 Å². The van der Waals surface area contributed by atoms with Crippen LogP contribution in [0.2, 0.25) is 0 Å². The molecule has 2 aromatic carbocycles. The van der Waals surface area contributed by atoms with E-state index in [0.29, 0.717) is 5.95 Å². The zero-order chi connectivity index (χ0) is 24.9. The summed E-state index contributed by atoms with van der Waals surface area (Å²) in [7, 11) is 3.67. The average molecular weight is 489 g/mol. The fourth-order valence-electron chi connectivity index (χ4n) is 4.72. The number of likely N-dealkylation sites (tertiary alicyclic amines) is 1. The van der Waals surface area contributed by atoms with Crippen molar-refractivity contribution < 1.29 is 14.3 Å². The predicted octanol–water partition coefficient (Wildman–Crippen LogP) is 3.77. The standard InChI is InChI=1S/C27H32N6O3/c1-32-13-3-4-24(32)26(34)29-20-7-5-19(6-8-20)22-11-12-28-27(31-22)30-21-9-10-23(25(18-21)35-2)33-14-16-36-17-15-33/h5-12,18,24H,3-4,13-17H2,1-2H3,(H,29,34)(H,28,30,31). The molecule has 0 bridgehead atoms. The number of ether oxygens (including phenoxy) is 2. The van der Waals surface area contributed by atoms with Crippen LogP contribution in [0.25, 0.3) is 11.3 Å². The number of carbonyl (C=O) groups excluding carboxylic acids is 1. The molecule has 2 fully saturated rings. The highest BCUT2D eigenvalue weighted by Gasteiger charge is 2.27. The van der Waals surface area contributed by atoms with Crippen molar-refractivity contribution in [1.29, 1.82) is 0 Å². The van der Waals surface area contributed by atoms with Gasteiger partial charge < -0.3 is 25.0 Å². The number of hydrogen-bond acceptors (Lipinski definition) is 8. The summed E-state index contributed by atoms with van der Waals surface area (Å²) in [5.41, 5.74) is 4.40. The molecule has 9 nitrogen and oxygen atoms in total. The van der Waals surface area contributed by atoms with Gasteiger partial charge in [0.2, 0.25) is 11.9 Å². The molecule has 3 aromatic rings. The zero-order valence-electron chi connectivity index (χ0n) is 20.7. The SMILES string of the molecule is COc1cc(Nc2nccc(-c3ccc(NC(=O)C4CCCN4C)cc3)n2)ccc1N1CCOCC1. The molecule has 2 saturated heterocycles. The molecule has 5 rings (SSSR count). The highest BCUT2D eigenvalue weighted by Crippen LogP contribution is 2.32. The van der Waals surface area contributed by atoms with E-state index in [-0.39, 0.29) is 11.9 Å². The molecule has 0 spiro atoms. The van der Waals surface area contributed by atoms with Crippen LogP contribution in [0, 0.1) is 0 Å². The number of aromatic nitrogens is 2. The van der Waals surface area contributed by atoms with Gasteiger partial charge in [-0.1, -0.05) is 12.1 Å². The number of nitrogens with one attached hydrogen (secondary N) is 2. The van der Waals surface area contributed by atoms with Crippen molar-refractivity contribution in [3.05, 3.63) is 54.7 Å². The van der Waals surface area contributed by atoms with Gasteiger partial charge in [-0.05, 0) is 56.8 Å². The summed E-state index contributed by atoms with van der Waals surface area (Å²) in [6.45, 7) is 4.08. The van der Waals surface area contributed by atoms with E-state index in [9.17, 15) is 4.79 Å². The van der Waals surface area contributed by atoms with Gasteiger partial charge in [-0.15, -0.1) is 0 Å². The lowest BCUT2D eigenvalue weighted by Crippen LogP contribution is -2.37. The Labute approximate surface area is 211 Å². The molecule has 188 valence electrons. The van der Waals surface area contributed by atoms with Crippen molar-refractivity contribution >= 4 is 28.9 Å². The Kier molecular flexibility index (Phi) is 7.29. The molecular weight excluding hydrogens is 456 g/mol. The Bertz CT molecular complexity index is 1200. The van der Waals surface area contributed by atoms with Crippen LogP contribution in [0.15, 0.2) is 54.7 Å². The van der Waals surface area contributed by atoms with Gasteiger partial charge in [0.05, 0.1) is 37.7 Å². The normalized spacial score (nSPS) is 18.2. The van der Waals surface area contributed by atoms with Gasteiger partial charge in [0, 0.05) is 42.3 Å². The number of benzene rings is 2. The number of hydrogen-bond donors (Lipinski definition) is 2. The maximum absolute atomic E-state index is 12.6. The fourth-order valence-corrected chi connectivity index (χ4v) is 4.72. The molecular formula is C27H32N6O3. The monoisotopic (exact) mass is 488 g/mol. The summed E-state index contributed by atoms with van der Waals surface area (Å²) in [5.74, 6) is 1.33. The van der Waals surface area contributed by atoms with Gasteiger partial charge in [-0.3, -0.25) is 9.69 Å². The van der Waals surface area contributed by atoms with Crippen LogP contribution in [0.4, 0.5) is 23.0 Å². The summed E-state index contributed by atoms with van der Waals surface area (Å²) < 4.78 is 11.1. The maximum atomic E-state index is 12.6. The number of rotatable bonds is 7. The molecule has 0 aliphatic carbocycles. The Balaban J connectivity index is 1.26. The van der Waals surface area contributed by atoms with E-state index in [0.717, 1.165) is 79.8 Å². The van der Waals surface area contributed by atoms with E-state index in [1.807, 2.05) is 55.6 Å². The number of nitrogens with zero attached hydrogens (tertiary/aromatic N) is 4. The predicted molar refractivity (Wildman–Crippen MR) is 141 cm³/mol. The first-order chi connectivity index (χ1) is 17.6. The van der Waals surface area contributed by atoms with E-state index < -0.39 is 0 Å². The second-order valence-electron chi connectivity index (χ2n) is 9.08. The minimum Gasteiger partial charge on any atom is -0.495 e. The van der Waals surface area contributed by atoms with Gasteiger partial charge >= 0.3 is 0 Å². The molecule has 2 N–H and O–H groups in total. The van der Waals surface area contributed by atoms with Crippen molar-refractivity contribution in [3.8, 4) is 17.0 Å². The molecule has 0 saturated carbocycles. The van der Waals surface area contributed by atoms with Crippen molar-refractivity contribution in [2.24, 2.45) is 0 Å². The van der Waals surface area contributed by atoms with E-state index in [2.05, 4.69) is 30.4 Å². The highest BCUT2D eigenvalue weighted by molar-refractivity contribution is 5.95. The molecule has 2 aliphatic heterocycles. The van der Waals surface area contributed by atoms with E-state index in [1.54, 1.807) is 13.3 Å². The summed E-state index contributed by atoms with van der Waals surface area (Å²) in [6, 6.07) is 15.6. The first-order valence-corrected chi connectivity index (χ1v) is 12.3. The van der Waals surface area contributed by atoms with Gasteiger partial charge in [-0.2, -0.15) is 0 Å². The number of amides is 1. The number of likely N-dealkylation sites (N-methyl/N-ethyl adjacent to an activating group) is 1. The lowest BCUT2D eigenvalue weighted by Gasteiger charge is -2.30. The Morgan fingerprint density at radius 1 is 1.06 bits per heavy atom. The molecule has 1 atom stereocenters. The minimum atomic E-state index is -0.0540. The lowest BCUT2D eigenvalue weighted by atomic mass is 10.1.